The van der Waals surface area contributed by atoms with Crippen molar-refractivity contribution in [1.29, 1.82) is 10.5 Å². The van der Waals surface area contributed by atoms with E-state index in [0.717, 1.165) is 6.42 Å². The summed E-state index contributed by atoms with van der Waals surface area (Å²) in [6.07, 6.45) is 1.63. The Labute approximate surface area is 102 Å². The second-order valence-corrected chi connectivity index (χ2v) is 3.52. The van der Waals surface area contributed by atoms with Crippen LogP contribution in [-0.4, -0.2) is 24.8 Å². The maximum atomic E-state index is 10.2. The van der Waals surface area contributed by atoms with E-state index in [1.54, 1.807) is 13.0 Å². The molecule has 0 aromatic carbocycles. The van der Waals surface area contributed by atoms with E-state index in [1.807, 2.05) is 6.92 Å². The fraction of sp³-hybridized carbons (Fsp3) is 0.750. The number of hydrogen-bond donors (Lipinski definition) is 0. The Bertz CT molecular complexity index is 309. The lowest BCUT2D eigenvalue weighted by Crippen LogP contribution is -2.28. The third-order valence-electron chi connectivity index (χ3n) is 2.37. The first-order chi connectivity index (χ1) is 8.14. The summed E-state index contributed by atoms with van der Waals surface area (Å²) in [5.41, 5.74) is 0. The van der Waals surface area contributed by atoms with Crippen LogP contribution >= 0.6 is 0 Å². The molecule has 1 heterocycles. The van der Waals surface area contributed by atoms with Crippen LogP contribution in [0, 0.1) is 22.7 Å². The highest BCUT2D eigenvalue weighted by atomic mass is 16.7. The Hall–Kier alpha value is -1.43. The lowest BCUT2D eigenvalue weighted by molar-refractivity contribution is -0.154. The van der Waals surface area contributed by atoms with Crippen molar-refractivity contribution in [3.8, 4) is 12.1 Å². The molecular formula is C12H18N2O3. The van der Waals surface area contributed by atoms with Gasteiger partial charge in [-0.15, -0.1) is 0 Å². The van der Waals surface area contributed by atoms with Crippen LogP contribution in [0.4, 0.5) is 0 Å². The monoisotopic (exact) mass is 238 g/mol. The normalized spacial score (nSPS) is 16.2. The van der Waals surface area contributed by atoms with Gasteiger partial charge in [0.25, 0.3) is 0 Å². The molecule has 5 nitrogen and oxygen atoms in total. The predicted octanol–water partition coefficient (Wildman–Crippen LogP) is 1.93. The van der Waals surface area contributed by atoms with Crippen LogP contribution in [0.2, 0.25) is 0 Å². The first kappa shape index (κ1) is 15.6. The van der Waals surface area contributed by atoms with Crippen LogP contribution in [0.3, 0.4) is 0 Å². The zero-order chi connectivity index (χ0) is 13.1. The van der Waals surface area contributed by atoms with Crippen LogP contribution in [0.25, 0.3) is 0 Å². The smallest absolute Gasteiger partial charge is 0.181 e. The van der Waals surface area contributed by atoms with Gasteiger partial charge in [0.2, 0.25) is 0 Å². The van der Waals surface area contributed by atoms with Gasteiger partial charge < -0.3 is 9.47 Å². The fourth-order valence-electron chi connectivity index (χ4n) is 1.26. The standard InChI is InChI=1S/C7H11NO2.C5H7NO/c1-2-7(3-4-8)9-5-6-10-7;1-2-5(7)3-4-6/h2-3,5-6H2,1H3;2-3H2,1H3. The highest BCUT2D eigenvalue weighted by Crippen LogP contribution is 2.25. The Morgan fingerprint density at radius 3 is 2.12 bits per heavy atom. The van der Waals surface area contributed by atoms with Crippen molar-refractivity contribution >= 4 is 5.78 Å². The maximum absolute atomic E-state index is 10.2. The van der Waals surface area contributed by atoms with Crippen molar-refractivity contribution in [3.63, 3.8) is 0 Å². The Balaban J connectivity index is 0.000000325. The molecule has 1 saturated heterocycles. The molecule has 0 saturated carbocycles. The van der Waals surface area contributed by atoms with E-state index >= 15 is 0 Å². The van der Waals surface area contributed by atoms with Crippen molar-refractivity contribution in [2.45, 2.75) is 45.3 Å². The molecule has 0 radical (unpaired) electrons. The van der Waals surface area contributed by atoms with Crippen LogP contribution in [-0.2, 0) is 14.3 Å². The molecule has 0 bridgehead atoms. The van der Waals surface area contributed by atoms with E-state index in [1.165, 1.54) is 0 Å². The predicted molar refractivity (Wildman–Crippen MR) is 60.7 cm³/mol. The summed E-state index contributed by atoms with van der Waals surface area (Å²) in [6, 6.07) is 3.82. The number of nitrogens with zero attached hydrogens (tertiary/aromatic N) is 2. The molecular weight excluding hydrogens is 220 g/mol. The average Bonchev–Trinajstić information content (AvgIpc) is 2.80. The number of Topliss-reactive ketones (excluding diaryl/α,β-unsaturated/α-hetero) is 1. The Kier molecular flexibility index (Phi) is 7.96. The zero-order valence-corrected chi connectivity index (χ0v) is 10.4. The molecule has 1 fully saturated rings. The number of hydrogen-bond acceptors (Lipinski definition) is 5. The van der Waals surface area contributed by atoms with E-state index in [2.05, 4.69) is 6.07 Å². The summed E-state index contributed by atoms with van der Waals surface area (Å²) >= 11 is 0. The van der Waals surface area contributed by atoms with Gasteiger partial charge in [-0.3, -0.25) is 4.79 Å². The van der Waals surface area contributed by atoms with Crippen LogP contribution in [0.15, 0.2) is 0 Å². The molecule has 1 rings (SSSR count). The molecule has 0 aromatic rings. The number of nitriles is 2. The second kappa shape index (κ2) is 8.69. The summed E-state index contributed by atoms with van der Waals surface area (Å²) in [6.45, 7) is 4.95. The number of ether oxygens (including phenoxy) is 2. The molecule has 0 aliphatic carbocycles. The molecule has 17 heavy (non-hydrogen) atoms. The van der Waals surface area contributed by atoms with Crippen molar-refractivity contribution in [3.05, 3.63) is 0 Å². The SMILES string of the molecule is CCC(=O)CC#N.CCC1(CC#N)OCCO1. The van der Waals surface area contributed by atoms with E-state index < -0.39 is 5.79 Å². The molecule has 1 aliphatic rings. The summed E-state index contributed by atoms with van der Waals surface area (Å²) in [4.78, 5) is 10.2. The van der Waals surface area contributed by atoms with Gasteiger partial charge in [0, 0.05) is 6.42 Å². The molecule has 0 spiro atoms. The minimum atomic E-state index is -0.575. The Morgan fingerprint density at radius 1 is 1.24 bits per heavy atom. The third kappa shape index (κ3) is 6.01. The van der Waals surface area contributed by atoms with Gasteiger partial charge in [0.1, 0.15) is 5.78 Å². The molecule has 94 valence electrons. The molecule has 0 amide bonds. The zero-order valence-electron chi connectivity index (χ0n) is 10.4. The molecule has 5 heteroatoms. The number of carbonyl (C=O) groups excluding carboxylic acids is 1. The van der Waals surface area contributed by atoms with Gasteiger partial charge >= 0.3 is 0 Å². The third-order valence-corrected chi connectivity index (χ3v) is 2.37. The highest BCUT2D eigenvalue weighted by Gasteiger charge is 2.34. The van der Waals surface area contributed by atoms with E-state index in [9.17, 15) is 4.79 Å². The first-order valence-electron chi connectivity index (χ1n) is 5.67. The molecule has 1 aliphatic heterocycles. The quantitative estimate of drug-likeness (QED) is 0.747. The highest BCUT2D eigenvalue weighted by molar-refractivity contribution is 5.79. The summed E-state index contributed by atoms with van der Waals surface area (Å²) in [7, 11) is 0. The number of ketones is 1. The van der Waals surface area contributed by atoms with Gasteiger partial charge in [-0.05, 0) is 6.42 Å². The largest absolute Gasteiger partial charge is 0.346 e. The van der Waals surface area contributed by atoms with E-state index in [0.29, 0.717) is 26.1 Å². The van der Waals surface area contributed by atoms with E-state index in [4.69, 9.17) is 20.0 Å². The first-order valence-corrected chi connectivity index (χ1v) is 5.67. The Morgan fingerprint density at radius 2 is 1.82 bits per heavy atom. The number of carbonyl (C=O) groups is 1. The van der Waals surface area contributed by atoms with Crippen LogP contribution in [0.5, 0.6) is 0 Å². The van der Waals surface area contributed by atoms with Crippen molar-refractivity contribution in [1.82, 2.24) is 0 Å². The molecule has 0 unspecified atom stereocenters. The topological polar surface area (TPSA) is 83.1 Å². The van der Waals surface area contributed by atoms with Gasteiger partial charge in [-0.1, -0.05) is 13.8 Å². The van der Waals surface area contributed by atoms with Gasteiger partial charge in [0.05, 0.1) is 38.2 Å². The summed E-state index contributed by atoms with van der Waals surface area (Å²) in [5.74, 6) is -0.558. The second-order valence-electron chi connectivity index (χ2n) is 3.52. The maximum Gasteiger partial charge on any atom is 0.181 e. The molecule has 0 aromatic heterocycles. The van der Waals surface area contributed by atoms with Crippen LogP contribution < -0.4 is 0 Å². The van der Waals surface area contributed by atoms with Gasteiger partial charge in [-0.25, -0.2) is 0 Å². The van der Waals surface area contributed by atoms with Gasteiger partial charge in [0.15, 0.2) is 5.79 Å². The van der Waals surface area contributed by atoms with Gasteiger partial charge in [-0.2, -0.15) is 10.5 Å². The summed E-state index contributed by atoms with van der Waals surface area (Å²) < 4.78 is 10.6. The lowest BCUT2D eigenvalue weighted by Gasteiger charge is -2.21. The lowest BCUT2D eigenvalue weighted by atomic mass is 10.1. The van der Waals surface area contributed by atoms with E-state index in [-0.39, 0.29) is 12.2 Å². The van der Waals surface area contributed by atoms with Crippen LogP contribution in [0.1, 0.15) is 39.5 Å². The molecule has 0 atom stereocenters. The van der Waals surface area contributed by atoms with Crippen molar-refractivity contribution in [2.75, 3.05) is 13.2 Å². The summed E-state index contributed by atoms with van der Waals surface area (Å²) in [5, 5.41) is 16.3. The van der Waals surface area contributed by atoms with Crippen molar-refractivity contribution in [2.24, 2.45) is 0 Å². The van der Waals surface area contributed by atoms with Crippen molar-refractivity contribution < 1.29 is 14.3 Å². The average molecular weight is 238 g/mol. The minimum absolute atomic E-state index is 0.0162. The minimum Gasteiger partial charge on any atom is -0.346 e. The fourth-order valence-corrected chi connectivity index (χ4v) is 1.26. The number of rotatable bonds is 4. The molecule has 0 N–H and O–H groups in total.